The van der Waals surface area contributed by atoms with Crippen molar-refractivity contribution >= 4 is 17.3 Å². The topological polar surface area (TPSA) is 91.3 Å². The van der Waals surface area contributed by atoms with E-state index >= 15 is 0 Å². The van der Waals surface area contributed by atoms with E-state index in [4.69, 9.17) is 20.9 Å². The van der Waals surface area contributed by atoms with E-state index in [1.807, 2.05) is 0 Å². The third-order valence-electron chi connectivity index (χ3n) is 2.98. The van der Waals surface area contributed by atoms with Gasteiger partial charge in [-0.1, -0.05) is 16.8 Å². The summed E-state index contributed by atoms with van der Waals surface area (Å²) >= 11 is 5.83. The first-order valence-corrected chi connectivity index (χ1v) is 6.95. The van der Waals surface area contributed by atoms with Crippen LogP contribution in [0.3, 0.4) is 0 Å². The Balaban J connectivity index is 1.65. The molecule has 0 aliphatic rings. The number of halogens is 1. The molecule has 116 valence electrons. The van der Waals surface area contributed by atoms with Gasteiger partial charge in [0.1, 0.15) is 5.75 Å². The Labute approximate surface area is 135 Å². The standard InChI is InChI=1S/C15H10ClN3O4/c16-11-3-1-10(2-4-11)15-17-14(23-18-15)9-22-13-7-5-12(6-8-13)19(20)21/h1-8H,9H2. The first kappa shape index (κ1) is 15.0. The van der Waals surface area contributed by atoms with E-state index in [1.54, 1.807) is 24.3 Å². The normalized spacial score (nSPS) is 10.5. The summed E-state index contributed by atoms with van der Waals surface area (Å²) in [6, 6.07) is 12.8. The Bertz CT molecular complexity index is 815. The van der Waals surface area contributed by atoms with Crippen molar-refractivity contribution in [3.05, 3.63) is 69.6 Å². The lowest BCUT2D eigenvalue weighted by molar-refractivity contribution is -0.384. The summed E-state index contributed by atoms with van der Waals surface area (Å²) < 4.78 is 10.6. The minimum atomic E-state index is -0.472. The molecule has 0 radical (unpaired) electrons. The predicted molar refractivity (Wildman–Crippen MR) is 82.2 cm³/mol. The minimum absolute atomic E-state index is 0.000153. The van der Waals surface area contributed by atoms with Crippen molar-refractivity contribution in [2.75, 3.05) is 0 Å². The van der Waals surface area contributed by atoms with Gasteiger partial charge in [0.05, 0.1) is 4.92 Å². The third-order valence-corrected chi connectivity index (χ3v) is 3.23. The molecule has 7 nitrogen and oxygen atoms in total. The van der Waals surface area contributed by atoms with Gasteiger partial charge >= 0.3 is 0 Å². The van der Waals surface area contributed by atoms with Crippen LogP contribution in [0, 0.1) is 10.1 Å². The molecule has 3 rings (SSSR count). The second-order valence-electron chi connectivity index (χ2n) is 4.56. The smallest absolute Gasteiger partial charge is 0.269 e. The summed E-state index contributed by atoms with van der Waals surface area (Å²) in [4.78, 5) is 14.3. The van der Waals surface area contributed by atoms with E-state index < -0.39 is 4.92 Å². The summed E-state index contributed by atoms with van der Waals surface area (Å²) in [5.74, 6) is 1.21. The number of hydrogen-bond acceptors (Lipinski definition) is 6. The molecule has 0 spiro atoms. The Morgan fingerprint density at radius 1 is 1.13 bits per heavy atom. The summed E-state index contributed by atoms with van der Waals surface area (Å²) in [7, 11) is 0. The first-order chi connectivity index (χ1) is 11.1. The van der Waals surface area contributed by atoms with Gasteiger partial charge in [-0.05, 0) is 36.4 Å². The van der Waals surface area contributed by atoms with Crippen LogP contribution >= 0.6 is 11.6 Å². The fraction of sp³-hybridized carbons (Fsp3) is 0.0667. The maximum Gasteiger partial charge on any atom is 0.269 e. The van der Waals surface area contributed by atoms with Crippen LogP contribution in [0.2, 0.25) is 5.02 Å². The number of hydrogen-bond donors (Lipinski definition) is 0. The van der Waals surface area contributed by atoms with Gasteiger partial charge in [0, 0.05) is 22.7 Å². The molecule has 0 amide bonds. The molecular weight excluding hydrogens is 322 g/mol. The van der Waals surface area contributed by atoms with Crippen LogP contribution in [0.25, 0.3) is 11.4 Å². The molecule has 0 aliphatic carbocycles. The quantitative estimate of drug-likeness (QED) is 0.520. The van der Waals surface area contributed by atoms with E-state index in [2.05, 4.69) is 10.1 Å². The van der Waals surface area contributed by atoms with Crippen LogP contribution in [-0.4, -0.2) is 15.1 Å². The molecule has 0 saturated carbocycles. The molecule has 0 unspecified atom stereocenters. The van der Waals surface area contributed by atoms with Crippen molar-refractivity contribution in [3.8, 4) is 17.1 Å². The van der Waals surface area contributed by atoms with Crippen LogP contribution in [0.1, 0.15) is 5.89 Å². The third kappa shape index (κ3) is 3.64. The molecule has 0 aliphatic heterocycles. The lowest BCUT2D eigenvalue weighted by Gasteiger charge is -2.01. The van der Waals surface area contributed by atoms with Crippen LogP contribution in [0.4, 0.5) is 5.69 Å². The zero-order chi connectivity index (χ0) is 16.2. The monoisotopic (exact) mass is 331 g/mol. The van der Waals surface area contributed by atoms with Gasteiger partial charge in [0.25, 0.3) is 11.6 Å². The molecule has 8 heteroatoms. The fourth-order valence-electron chi connectivity index (χ4n) is 1.84. The maximum absolute atomic E-state index is 10.6. The van der Waals surface area contributed by atoms with Gasteiger partial charge in [-0.3, -0.25) is 10.1 Å². The average molecular weight is 332 g/mol. The summed E-state index contributed by atoms with van der Waals surface area (Å²) in [6.07, 6.45) is 0. The largest absolute Gasteiger partial charge is 0.484 e. The Morgan fingerprint density at radius 2 is 1.83 bits per heavy atom. The molecule has 0 saturated heterocycles. The molecule has 0 fully saturated rings. The zero-order valence-electron chi connectivity index (χ0n) is 11.7. The van der Waals surface area contributed by atoms with E-state index in [0.29, 0.717) is 22.5 Å². The van der Waals surface area contributed by atoms with Crippen molar-refractivity contribution in [2.45, 2.75) is 6.61 Å². The number of aromatic nitrogens is 2. The number of benzene rings is 2. The first-order valence-electron chi connectivity index (χ1n) is 6.57. The molecule has 23 heavy (non-hydrogen) atoms. The maximum atomic E-state index is 10.6. The highest BCUT2D eigenvalue weighted by Gasteiger charge is 2.10. The van der Waals surface area contributed by atoms with Gasteiger partial charge in [0.2, 0.25) is 5.82 Å². The number of nitrogens with zero attached hydrogens (tertiary/aromatic N) is 3. The highest BCUT2D eigenvalue weighted by Crippen LogP contribution is 2.20. The molecule has 0 bridgehead atoms. The van der Waals surface area contributed by atoms with Gasteiger partial charge < -0.3 is 9.26 Å². The van der Waals surface area contributed by atoms with Crippen LogP contribution in [0.15, 0.2) is 53.1 Å². The predicted octanol–water partition coefficient (Wildman–Crippen LogP) is 3.88. The second-order valence-corrected chi connectivity index (χ2v) is 4.99. The molecule has 3 aromatic rings. The minimum Gasteiger partial charge on any atom is -0.484 e. The van der Waals surface area contributed by atoms with E-state index in [0.717, 1.165) is 5.56 Å². The zero-order valence-corrected chi connectivity index (χ0v) is 12.4. The van der Waals surface area contributed by atoms with Crippen molar-refractivity contribution in [1.82, 2.24) is 10.1 Å². The molecule has 1 heterocycles. The highest BCUT2D eigenvalue weighted by molar-refractivity contribution is 6.30. The Hall–Kier alpha value is -2.93. The number of rotatable bonds is 5. The van der Waals surface area contributed by atoms with Crippen molar-refractivity contribution in [2.24, 2.45) is 0 Å². The number of non-ortho nitro benzene ring substituents is 1. The molecule has 0 atom stereocenters. The van der Waals surface area contributed by atoms with E-state index in [1.165, 1.54) is 24.3 Å². The van der Waals surface area contributed by atoms with Crippen LogP contribution < -0.4 is 4.74 Å². The molecule has 0 N–H and O–H groups in total. The lowest BCUT2D eigenvalue weighted by Crippen LogP contribution is -1.96. The van der Waals surface area contributed by atoms with Gasteiger partial charge in [-0.15, -0.1) is 0 Å². The molecule has 2 aromatic carbocycles. The summed E-state index contributed by atoms with van der Waals surface area (Å²) in [5, 5.41) is 15.1. The van der Waals surface area contributed by atoms with Gasteiger partial charge in [-0.2, -0.15) is 4.98 Å². The van der Waals surface area contributed by atoms with Crippen molar-refractivity contribution in [1.29, 1.82) is 0 Å². The number of nitro benzene ring substituents is 1. The van der Waals surface area contributed by atoms with Crippen molar-refractivity contribution in [3.63, 3.8) is 0 Å². The van der Waals surface area contributed by atoms with Crippen LogP contribution in [0.5, 0.6) is 5.75 Å². The Kier molecular flexibility index (Phi) is 4.20. The average Bonchev–Trinajstić information content (AvgIpc) is 3.03. The molecule has 1 aromatic heterocycles. The van der Waals surface area contributed by atoms with Gasteiger partial charge in [-0.25, -0.2) is 0 Å². The van der Waals surface area contributed by atoms with E-state index in [-0.39, 0.29) is 12.3 Å². The number of nitro groups is 1. The summed E-state index contributed by atoms with van der Waals surface area (Å²) in [6.45, 7) is 0.0679. The molecular formula is C15H10ClN3O4. The lowest BCUT2D eigenvalue weighted by atomic mass is 10.2. The van der Waals surface area contributed by atoms with Crippen molar-refractivity contribution < 1.29 is 14.2 Å². The second kappa shape index (κ2) is 6.45. The summed E-state index contributed by atoms with van der Waals surface area (Å²) in [5.41, 5.74) is 0.778. The SMILES string of the molecule is O=[N+]([O-])c1ccc(OCc2nc(-c3ccc(Cl)cc3)no2)cc1. The Morgan fingerprint density at radius 3 is 2.48 bits per heavy atom. The fourth-order valence-corrected chi connectivity index (χ4v) is 1.96. The van der Waals surface area contributed by atoms with Gasteiger partial charge in [0.15, 0.2) is 6.61 Å². The van der Waals surface area contributed by atoms with E-state index in [9.17, 15) is 10.1 Å². The highest BCUT2D eigenvalue weighted by atomic mass is 35.5. The number of ether oxygens (including phenoxy) is 1. The van der Waals surface area contributed by atoms with Crippen LogP contribution in [-0.2, 0) is 6.61 Å².